The number of aliphatic imine (C=N–C) groups is 1. The van der Waals surface area contributed by atoms with E-state index in [0.717, 1.165) is 30.1 Å². The minimum atomic E-state index is -3.03. The molecule has 0 fully saturated rings. The first kappa shape index (κ1) is 20.7. The lowest BCUT2D eigenvalue weighted by molar-refractivity contribution is 0.601. The van der Waals surface area contributed by atoms with Gasteiger partial charge in [0.1, 0.15) is 0 Å². The number of nitrogens with zero attached hydrogens (tertiary/aromatic N) is 2. The summed E-state index contributed by atoms with van der Waals surface area (Å²) in [7, 11) is -1.25. The van der Waals surface area contributed by atoms with Gasteiger partial charge in [-0.3, -0.25) is 4.99 Å². The molecule has 0 amide bonds. The summed E-state index contributed by atoms with van der Waals surface area (Å²) in [6.07, 6.45) is 2.27. The Morgan fingerprint density at radius 2 is 1.88 bits per heavy atom. The molecule has 0 unspecified atom stereocenters. The molecule has 5 nitrogen and oxygen atoms in total. The second-order valence-corrected chi connectivity index (χ2v) is 8.46. The van der Waals surface area contributed by atoms with Crippen LogP contribution in [0.5, 0.6) is 0 Å². The predicted octanol–water partition coefficient (Wildman–Crippen LogP) is 2.99. The van der Waals surface area contributed by atoms with Crippen LogP contribution in [0.25, 0.3) is 0 Å². The smallest absolute Gasteiger partial charge is 0.198 e. The molecule has 2 aromatic rings. The van der Waals surface area contributed by atoms with Gasteiger partial charge in [-0.15, -0.1) is 24.0 Å². The molecule has 0 saturated carbocycles. The zero-order valence-electron chi connectivity index (χ0n) is 15.0. The van der Waals surface area contributed by atoms with Gasteiger partial charge in [0.25, 0.3) is 0 Å². The lowest BCUT2D eigenvalue weighted by Gasteiger charge is -2.22. The number of rotatable bonds is 4. The zero-order valence-corrected chi connectivity index (χ0v) is 18.1. The number of hydrogen-bond donors (Lipinski definition) is 1. The van der Waals surface area contributed by atoms with Crippen LogP contribution in [-0.2, 0) is 28.6 Å². The van der Waals surface area contributed by atoms with E-state index in [0.29, 0.717) is 6.54 Å². The summed E-state index contributed by atoms with van der Waals surface area (Å²) < 4.78 is 22.9. The van der Waals surface area contributed by atoms with Gasteiger partial charge in [0.2, 0.25) is 0 Å². The summed E-state index contributed by atoms with van der Waals surface area (Å²) in [5.74, 6) is 0.896. The minimum absolute atomic E-state index is 0. The molecule has 2 aromatic carbocycles. The maximum absolute atomic E-state index is 11.5. The van der Waals surface area contributed by atoms with Crippen molar-refractivity contribution in [2.75, 3.05) is 24.7 Å². The fourth-order valence-electron chi connectivity index (χ4n) is 3.17. The van der Waals surface area contributed by atoms with Gasteiger partial charge >= 0.3 is 0 Å². The molecule has 0 spiro atoms. The van der Waals surface area contributed by atoms with Crippen molar-refractivity contribution in [3.05, 3.63) is 65.2 Å². The van der Waals surface area contributed by atoms with Crippen LogP contribution in [0, 0.1) is 0 Å². The molecule has 1 heterocycles. The first-order valence-corrected chi connectivity index (χ1v) is 10.3. The largest absolute Gasteiger partial charge is 0.352 e. The highest BCUT2D eigenvalue weighted by molar-refractivity contribution is 14.0. The van der Waals surface area contributed by atoms with Gasteiger partial charge in [-0.2, -0.15) is 0 Å². The number of nitrogens with one attached hydrogen (secondary N) is 1. The van der Waals surface area contributed by atoms with E-state index in [-0.39, 0.29) is 29.7 Å². The summed E-state index contributed by atoms with van der Waals surface area (Å²) in [6.45, 7) is 1.51. The van der Waals surface area contributed by atoms with Crippen LogP contribution in [0.1, 0.15) is 16.7 Å². The van der Waals surface area contributed by atoms with Crippen LogP contribution < -0.4 is 10.2 Å². The Bertz CT molecular complexity index is 897. The van der Waals surface area contributed by atoms with Crippen LogP contribution in [0.4, 0.5) is 5.69 Å². The number of guanidine groups is 1. The average Bonchev–Trinajstić information content (AvgIpc) is 2.99. The van der Waals surface area contributed by atoms with Gasteiger partial charge in [-0.25, -0.2) is 8.42 Å². The minimum Gasteiger partial charge on any atom is -0.352 e. The molecule has 7 heteroatoms. The molecule has 26 heavy (non-hydrogen) atoms. The Morgan fingerprint density at radius 3 is 2.62 bits per heavy atom. The van der Waals surface area contributed by atoms with Gasteiger partial charge in [0.05, 0.1) is 5.75 Å². The summed E-state index contributed by atoms with van der Waals surface area (Å²) >= 11 is 0. The molecule has 0 bridgehead atoms. The zero-order chi connectivity index (χ0) is 17.9. The predicted molar refractivity (Wildman–Crippen MR) is 118 cm³/mol. The molecule has 140 valence electrons. The molecule has 1 aliphatic rings. The van der Waals surface area contributed by atoms with E-state index >= 15 is 0 Å². The Kier molecular flexibility index (Phi) is 7.05. The molecule has 0 aliphatic carbocycles. The Morgan fingerprint density at radius 1 is 1.15 bits per heavy atom. The molecule has 1 N–H and O–H groups in total. The first-order chi connectivity index (χ1) is 12.0. The van der Waals surface area contributed by atoms with E-state index in [1.807, 2.05) is 30.3 Å². The monoisotopic (exact) mass is 485 g/mol. The van der Waals surface area contributed by atoms with E-state index in [1.165, 1.54) is 17.5 Å². The van der Waals surface area contributed by atoms with Crippen LogP contribution in [0.3, 0.4) is 0 Å². The summed E-state index contributed by atoms with van der Waals surface area (Å²) in [5.41, 5.74) is 4.38. The maximum Gasteiger partial charge on any atom is 0.198 e. The normalized spacial score (nSPS) is 13.9. The SMILES string of the molecule is CN=C(NCc1cccc(CS(C)(=O)=O)c1)N1CCc2ccccc21.I. The number of anilines is 1. The maximum atomic E-state index is 11.5. The Labute approximate surface area is 172 Å². The second kappa shape index (κ2) is 8.85. The van der Waals surface area contributed by atoms with Crippen molar-refractivity contribution >= 4 is 45.5 Å². The van der Waals surface area contributed by atoms with E-state index in [9.17, 15) is 8.42 Å². The summed E-state index contributed by atoms with van der Waals surface area (Å²) in [6, 6.07) is 16.0. The summed E-state index contributed by atoms with van der Waals surface area (Å²) in [5, 5.41) is 3.39. The van der Waals surface area contributed by atoms with Crippen molar-refractivity contribution < 1.29 is 8.42 Å². The molecular weight excluding hydrogens is 461 g/mol. The number of benzene rings is 2. The third-order valence-electron chi connectivity index (χ3n) is 4.23. The van der Waals surface area contributed by atoms with Crippen LogP contribution in [0.2, 0.25) is 0 Å². The molecule has 1 aliphatic heterocycles. The molecular formula is C19H24IN3O2S. The van der Waals surface area contributed by atoms with Gasteiger partial charge in [-0.05, 0) is 29.2 Å². The third kappa shape index (κ3) is 5.20. The quantitative estimate of drug-likeness (QED) is 0.411. The standard InChI is InChI=1S/C19H23N3O2S.HI/c1-20-19(22-11-10-17-8-3-4-9-18(17)22)21-13-15-6-5-7-16(12-15)14-25(2,23)24;/h3-9,12H,10-11,13-14H2,1-2H3,(H,20,21);1H. The van der Waals surface area contributed by atoms with Crippen molar-refractivity contribution in [2.45, 2.75) is 18.7 Å². The first-order valence-electron chi connectivity index (χ1n) is 8.28. The fraction of sp³-hybridized carbons (Fsp3) is 0.316. The second-order valence-electron chi connectivity index (χ2n) is 6.32. The number of para-hydroxylation sites is 1. The van der Waals surface area contributed by atoms with Crippen molar-refractivity contribution in [1.82, 2.24) is 5.32 Å². The van der Waals surface area contributed by atoms with E-state index < -0.39 is 9.84 Å². The van der Waals surface area contributed by atoms with Crippen LogP contribution >= 0.6 is 24.0 Å². The van der Waals surface area contributed by atoms with Crippen molar-refractivity contribution in [3.8, 4) is 0 Å². The molecule has 0 radical (unpaired) electrons. The Balaban J connectivity index is 0.00000243. The Hall–Kier alpha value is -1.61. The number of sulfone groups is 1. The van der Waals surface area contributed by atoms with E-state index in [2.05, 4.69) is 33.4 Å². The number of hydrogen-bond acceptors (Lipinski definition) is 3. The third-order valence-corrected chi connectivity index (χ3v) is 5.08. The van der Waals surface area contributed by atoms with Gasteiger partial charge in [0, 0.05) is 32.1 Å². The molecule has 3 rings (SSSR count). The fourth-order valence-corrected chi connectivity index (χ4v) is 3.95. The van der Waals surface area contributed by atoms with E-state index in [1.54, 1.807) is 7.05 Å². The highest BCUT2D eigenvalue weighted by Gasteiger charge is 2.22. The highest BCUT2D eigenvalue weighted by atomic mass is 127. The van der Waals surface area contributed by atoms with Crippen molar-refractivity contribution in [3.63, 3.8) is 0 Å². The van der Waals surface area contributed by atoms with Crippen molar-refractivity contribution in [1.29, 1.82) is 0 Å². The van der Waals surface area contributed by atoms with E-state index in [4.69, 9.17) is 0 Å². The average molecular weight is 485 g/mol. The summed E-state index contributed by atoms with van der Waals surface area (Å²) in [4.78, 5) is 6.59. The topological polar surface area (TPSA) is 61.8 Å². The number of fused-ring (bicyclic) bond motifs is 1. The molecule has 0 atom stereocenters. The van der Waals surface area contributed by atoms with Gasteiger partial charge < -0.3 is 10.2 Å². The van der Waals surface area contributed by atoms with Crippen LogP contribution in [-0.4, -0.2) is 34.2 Å². The van der Waals surface area contributed by atoms with Crippen molar-refractivity contribution in [2.24, 2.45) is 4.99 Å². The van der Waals surface area contributed by atoms with Gasteiger partial charge in [-0.1, -0.05) is 42.5 Å². The lowest BCUT2D eigenvalue weighted by Crippen LogP contribution is -2.40. The highest BCUT2D eigenvalue weighted by Crippen LogP contribution is 2.27. The van der Waals surface area contributed by atoms with Gasteiger partial charge in [0.15, 0.2) is 15.8 Å². The lowest BCUT2D eigenvalue weighted by atomic mass is 10.1. The van der Waals surface area contributed by atoms with Crippen LogP contribution in [0.15, 0.2) is 53.5 Å². The molecule has 0 aromatic heterocycles. The molecule has 0 saturated heterocycles. The number of halogens is 1.